The summed E-state index contributed by atoms with van der Waals surface area (Å²) in [7, 11) is 3.93. The number of anilines is 2. The highest BCUT2D eigenvalue weighted by Gasteiger charge is 2.33. The van der Waals surface area contributed by atoms with E-state index >= 15 is 0 Å². The first-order chi connectivity index (χ1) is 11.5. The molecule has 4 nitrogen and oxygen atoms in total. The largest absolute Gasteiger partial charge is 0.358 e. The molecule has 6 heteroatoms. The number of pyridine rings is 1. The summed E-state index contributed by atoms with van der Waals surface area (Å²) in [6.45, 7) is 2.00. The van der Waals surface area contributed by atoms with E-state index in [0.29, 0.717) is 5.56 Å². The zero-order valence-corrected chi connectivity index (χ0v) is 14.9. The smallest absolute Gasteiger partial charge is 0.159 e. The van der Waals surface area contributed by atoms with Gasteiger partial charge in [-0.2, -0.15) is 0 Å². The molecule has 2 heterocycles. The van der Waals surface area contributed by atoms with Crippen LogP contribution in [0.1, 0.15) is 18.9 Å². The quantitative estimate of drug-likeness (QED) is 0.904. The Kier molecular flexibility index (Phi) is 4.76. The first-order valence-electron chi connectivity index (χ1n) is 7.86. The number of hydrogen-bond donors (Lipinski definition) is 1. The topological polar surface area (TPSA) is 40.5 Å². The molecule has 0 amide bonds. The van der Waals surface area contributed by atoms with Crippen molar-refractivity contribution in [3.63, 3.8) is 0 Å². The fourth-order valence-electron chi connectivity index (χ4n) is 2.66. The predicted molar refractivity (Wildman–Crippen MR) is 99.5 cm³/mol. The molecule has 0 saturated carbocycles. The molecule has 0 fully saturated rings. The summed E-state index contributed by atoms with van der Waals surface area (Å²) in [5.41, 5.74) is 0.866. The van der Waals surface area contributed by atoms with Gasteiger partial charge in [-0.15, -0.1) is 0 Å². The third-order valence-electron chi connectivity index (χ3n) is 4.03. The molecule has 0 radical (unpaired) electrons. The number of thioether (sulfide) groups is 1. The van der Waals surface area contributed by atoms with Gasteiger partial charge in [-0.3, -0.25) is 4.99 Å². The molecule has 24 heavy (non-hydrogen) atoms. The molecule has 2 aromatic rings. The average molecular weight is 344 g/mol. The molecule has 0 saturated heterocycles. The van der Waals surface area contributed by atoms with E-state index < -0.39 is 5.54 Å². The lowest BCUT2D eigenvalue weighted by atomic mass is 9.89. The van der Waals surface area contributed by atoms with E-state index in [1.165, 1.54) is 6.07 Å². The number of hydrogen-bond acceptors (Lipinski definition) is 5. The van der Waals surface area contributed by atoms with Crippen LogP contribution in [0.5, 0.6) is 0 Å². The van der Waals surface area contributed by atoms with Gasteiger partial charge in [0.25, 0.3) is 0 Å². The van der Waals surface area contributed by atoms with Crippen LogP contribution < -0.4 is 5.32 Å². The van der Waals surface area contributed by atoms with Crippen LogP contribution in [0, 0.1) is 5.82 Å². The standard InChI is InChI=1S/C18H21FN4S/c1-18(9-11-24-17(22-18)23(2)3)14-12-13(7-8-15(14)19)21-16-6-4-5-10-20-16/h4-8,10,12H,9,11H2,1-3H3,(H,20,21)/t18-/m0/s1. The third-order valence-corrected chi connectivity index (χ3v) is 5.15. The van der Waals surface area contributed by atoms with Crippen molar-refractivity contribution < 1.29 is 4.39 Å². The van der Waals surface area contributed by atoms with Gasteiger partial charge in [0.15, 0.2) is 5.17 Å². The highest BCUT2D eigenvalue weighted by Crippen LogP contribution is 2.38. The lowest BCUT2D eigenvalue weighted by Gasteiger charge is -2.33. The van der Waals surface area contributed by atoms with E-state index in [4.69, 9.17) is 4.99 Å². The number of amidine groups is 1. The molecular weight excluding hydrogens is 323 g/mol. The number of rotatable bonds is 3. The van der Waals surface area contributed by atoms with Crippen LogP contribution in [-0.4, -0.2) is 34.9 Å². The van der Waals surface area contributed by atoms with Gasteiger partial charge in [0, 0.05) is 37.3 Å². The second-order valence-electron chi connectivity index (χ2n) is 6.20. The Hall–Kier alpha value is -2.08. The van der Waals surface area contributed by atoms with Crippen molar-refractivity contribution in [2.45, 2.75) is 18.9 Å². The van der Waals surface area contributed by atoms with E-state index in [1.54, 1.807) is 24.0 Å². The Balaban J connectivity index is 1.95. The minimum absolute atomic E-state index is 0.224. The second kappa shape index (κ2) is 6.81. The summed E-state index contributed by atoms with van der Waals surface area (Å²) in [5, 5.41) is 4.16. The van der Waals surface area contributed by atoms with Crippen molar-refractivity contribution in [1.29, 1.82) is 0 Å². The van der Waals surface area contributed by atoms with E-state index in [1.807, 2.05) is 50.2 Å². The molecule has 1 aromatic heterocycles. The summed E-state index contributed by atoms with van der Waals surface area (Å²) in [6, 6.07) is 10.7. The van der Waals surface area contributed by atoms with Crippen LogP contribution in [0.3, 0.4) is 0 Å². The molecule has 3 rings (SSSR count). The Morgan fingerprint density at radius 3 is 2.79 bits per heavy atom. The number of nitrogens with zero attached hydrogens (tertiary/aromatic N) is 3. The molecule has 0 aliphatic carbocycles. The first kappa shape index (κ1) is 16.8. The summed E-state index contributed by atoms with van der Waals surface area (Å²) in [4.78, 5) is 11.0. The molecule has 1 aromatic carbocycles. The molecule has 126 valence electrons. The molecule has 1 aliphatic heterocycles. The zero-order valence-electron chi connectivity index (χ0n) is 14.1. The van der Waals surface area contributed by atoms with Gasteiger partial charge in [0.2, 0.25) is 0 Å². The normalized spacial score (nSPS) is 20.4. The summed E-state index contributed by atoms with van der Waals surface area (Å²) >= 11 is 1.71. The van der Waals surface area contributed by atoms with Crippen LogP contribution in [-0.2, 0) is 5.54 Å². The SMILES string of the molecule is CN(C)C1=N[C@](C)(c2cc(Nc3ccccn3)ccc2F)CCS1. The Morgan fingerprint density at radius 1 is 1.25 bits per heavy atom. The van der Waals surface area contributed by atoms with Crippen molar-refractivity contribution in [1.82, 2.24) is 9.88 Å². The van der Waals surface area contributed by atoms with Crippen molar-refractivity contribution in [2.24, 2.45) is 4.99 Å². The van der Waals surface area contributed by atoms with Crippen LogP contribution in [0.4, 0.5) is 15.9 Å². The van der Waals surface area contributed by atoms with Gasteiger partial charge in [-0.25, -0.2) is 9.37 Å². The lowest BCUT2D eigenvalue weighted by Crippen LogP contribution is -2.32. The Morgan fingerprint density at radius 2 is 2.08 bits per heavy atom. The summed E-state index contributed by atoms with van der Waals surface area (Å²) in [5.74, 6) is 1.43. The molecule has 0 spiro atoms. The molecular formula is C18H21FN4S. The first-order valence-corrected chi connectivity index (χ1v) is 8.84. The van der Waals surface area contributed by atoms with Gasteiger partial charge >= 0.3 is 0 Å². The third kappa shape index (κ3) is 3.53. The minimum Gasteiger partial charge on any atom is -0.358 e. The molecule has 1 atom stereocenters. The Bertz CT molecular complexity index is 748. The Labute approximate surface area is 146 Å². The number of aromatic nitrogens is 1. The summed E-state index contributed by atoms with van der Waals surface area (Å²) in [6.07, 6.45) is 2.53. The number of aliphatic imine (C=N–C) groups is 1. The van der Waals surface area contributed by atoms with Crippen LogP contribution in [0.15, 0.2) is 47.6 Å². The van der Waals surface area contributed by atoms with E-state index in [2.05, 4.69) is 10.3 Å². The maximum Gasteiger partial charge on any atom is 0.159 e. The number of nitrogens with one attached hydrogen (secondary N) is 1. The van der Waals surface area contributed by atoms with Crippen molar-refractivity contribution in [3.8, 4) is 0 Å². The molecule has 1 N–H and O–H groups in total. The van der Waals surface area contributed by atoms with Crippen molar-refractivity contribution in [3.05, 3.63) is 54.0 Å². The maximum absolute atomic E-state index is 14.5. The summed E-state index contributed by atoms with van der Waals surface area (Å²) < 4.78 is 14.5. The van der Waals surface area contributed by atoms with Crippen LogP contribution in [0.25, 0.3) is 0 Å². The van der Waals surface area contributed by atoms with Gasteiger partial charge in [-0.1, -0.05) is 17.8 Å². The van der Waals surface area contributed by atoms with Crippen LogP contribution >= 0.6 is 11.8 Å². The second-order valence-corrected chi connectivity index (χ2v) is 7.26. The van der Waals surface area contributed by atoms with E-state index in [0.717, 1.165) is 28.8 Å². The van der Waals surface area contributed by atoms with Crippen LogP contribution in [0.2, 0.25) is 0 Å². The molecule has 0 bridgehead atoms. The molecule has 0 unspecified atom stereocenters. The highest BCUT2D eigenvalue weighted by atomic mass is 32.2. The lowest BCUT2D eigenvalue weighted by molar-refractivity contribution is 0.441. The van der Waals surface area contributed by atoms with Gasteiger partial charge < -0.3 is 10.2 Å². The number of halogens is 1. The van der Waals surface area contributed by atoms with Gasteiger partial charge in [0.1, 0.15) is 11.6 Å². The highest BCUT2D eigenvalue weighted by molar-refractivity contribution is 8.13. The van der Waals surface area contributed by atoms with Gasteiger partial charge in [-0.05, 0) is 43.7 Å². The van der Waals surface area contributed by atoms with Gasteiger partial charge in [0.05, 0.1) is 5.54 Å². The predicted octanol–water partition coefficient (Wildman–Crippen LogP) is 4.23. The van der Waals surface area contributed by atoms with Crippen molar-refractivity contribution >= 4 is 28.4 Å². The van der Waals surface area contributed by atoms with Crippen molar-refractivity contribution in [2.75, 3.05) is 25.2 Å². The maximum atomic E-state index is 14.5. The zero-order chi connectivity index (χ0) is 17.2. The van der Waals surface area contributed by atoms with E-state index in [9.17, 15) is 4.39 Å². The minimum atomic E-state index is -0.559. The monoisotopic (exact) mass is 344 g/mol. The fourth-order valence-corrected chi connectivity index (χ4v) is 3.87. The average Bonchev–Trinajstić information content (AvgIpc) is 2.57. The fraction of sp³-hybridized carbons (Fsp3) is 0.333. The molecule has 1 aliphatic rings. The van der Waals surface area contributed by atoms with E-state index in [-0.39, 0.29) is 5.82 Å². The number of benzene rings is 1.